The Morgan fingerprint density at radius 1 is 0.697 bits per heavy atom. The molecule has 0 aliphatic carbocycles. The van der Waals surface area contributed by atoms with Crippen molar-refractivity contribution in [2.45, 2.75) is 192 Å². The number of rotatable bonds is 43. The summed E-state index contributed by atoms with van der Waals surface area (Å²) in [6.07, 6.45) is 44.3. The summed E-state index contributed by atoms with van der Waals surface area (Å²) >= 11 is 0. The van der Waals surface area contributed by atoms with Crippen LogP contribution in [0.15, 0.2) is 114 Å². The Hall–Kier alpha value is -4.36. The van der Waals surface area contributed by atoms with Crippen molar-refractivity contribution in [2.75, 3.05) is 25.6 Å². The predicted octanol–water partition coefficient (Wildman–Crippen LogP) is 10.6. The lowest BCUT2D eigenvalue weighted by Gasteiger charge is -2.21. The van der Waals surface area contributed by atoms with Crippen LogP contribution in [-0.2, 0) is 46.3 Å². The van der Waals surface area contributed by atoms with Crippen LogP contribution < -0.4 is 11.4 Å². The first-order valence-electron chi connectivity index (χ1n) is 26.9. The topological polar surface area (TPSA) is 286 Å². The van der Waals surface area contributed by atoms with Gasteiger partial charge in [0, 0.05) is 19.0 Å². The number of nitrogen functional groups attached to an aromatic ring is 1. The zero-order valence-corrected chi connectivity index (χ0v) is 46.4. The van der Waals surface area contributed by atoms with Crippen LogP contribution in [0.2, 0.25) is 0 Å². The largest absolute Gasteiger partial charge is 0.481 e. The Balaban J connectivity index is 1.82. The third kappa shape index (κ3) is 33.7. The zero-order valence-electron chi connectivity index (χ0n) is 44.6. The van der Waals surface area contributed by atoms with Crippen LogP contribution in [0.3, 0.4) is 0 Å². The lowest BCUT2D eigenvalue weighted by Crippen LogP contribution is -2.36. The molecule has 0 aromatic carbocycles. The molecule has 1 aliphatic heterocycles. The number of aromatic nitrogens is 2. The van der Waals surface area contributed by atoms with Gasteiger partial charge < -0.3 is 45.1 Å². The number of unbranched alkanes of at least 4 members (excludes halogenated alkanes) is 11. The van der Waals surface area contributed by atoms with Crippen molar-refractivity contribution in [1.29, 1.82) is 0 Å². The minimum Gasteiger partial charge on any atom is -0.462 e. The van der Waals surface area contributed by atoms with E-state index in [1.165, 1.54) is 31.7 Å². The Labute approximate surface area is 450 Å². The molecule has 0 radical (unpaired) electrons. The highest BCUT2D eigenvalue weighted by atomic mass is 31.3. The molecule has 8 atom stereocenters. The number of nitrogens with two attached hydrogens (primary N) is 1. The number of carbonyl (C=O) groups excluding carboxylic acids is 2. The third-order valence-corrected chi connectivity index (χ3v) is 14.2. The quantitative estimate of drug-likeness (QED) is 0.0116. The van der Waals surface area contributed by atoms with Gasteiger partial charge in [0.05, 0.1) is 19.3 Å². The van der Waals surface area contributed by atoms with Crippen molar-refractivity contribution >= 4 is 33.4 Å². The van der Waals surface area contributed by atoms with Crippen LogP contribution in [0.25, 0.3) is 0 Å². The van der Waals surface area contributed by atoms with Gasteiger partial charge >= 0.3 is 33.3 Å². The van der Waals surface area contributed by atoms with E-state index < -0.39 is 89.8 Å². The molecule has 21 heteroatoms. The summed E-state index contributed by atoms with van der Waals surface area (Å²) in [4.78, 5) is 62.0. The van der Waals surface area contributed by atoms with E-state index in [0.717, 1.165) is 87.8 Å². The Kier molecular flexibility index (Phi) is 37.2. The molecule has 1 saturated heterocycles. The summed E-state index contributed by atoms with van der Waals surface area (Å²) in [7, 11) is -10.9. The molecule has 1 fully saturated rings. The molecule has 2 unspecified atom stereocenters. The van der Waals surface area contributed by atoms with Gasteiger partial charge in [0.1, 0.15) is 30.7 Å². The van der Waals surface area contributed by atoms with Crippen LogP contribution in [-0.4, -0.2) is 96.9 Å². The van der Waals surface area contributed by atoms with Gasteiger partial charge in [-0.05, 0) is 89.5 Å². The zero-order chi connectivity index (χ0) is 55.7. The number of esters is 2. The fourth-order valence-corrected chi connectivity index (χ4v) is 9.36. The van der Waals surface area contributed by atoms with E-state index in [1.807, 2.05) is 43.4 Å². The maximum absolute atomic E-state index is 12.9. The first-order valence-corrected chi connectivity index (χ1v) is 29.8. The average molecular weight is 1110 g/mol. The average Bonchev–Trinajstić information content (AvgIpc) is 3.66. The molecule has 0 amide bonds. The molecule has 1 aromatic rings. The summed E-state index contributed by atoms with van der Waals surface area (Å²) in [5.74, 6) is -1.41. The number of aliphatic hydroxyl groups excluding tert-OH is 3. The number of allylic oxidation sites excluding steroid dienone is 15. The van der Waals surface area contributed by atoms with Gasteiger partial charge in [0.15, 0.2) is 12.3 Å². The van der Waals surface area contributed by atoms with Gasteiger partial charge in [-0.15, -0.1) is 0 Å². The Bertz CT molecular complexity index is 2170. The van der Waals surface area contributed by atoms with Gasteiger partial charge in [-0.1, -0.05) is 156 Å². The first-order chi connectivity index (χ1) is 36.6. The van der Waals surface area contributed by atoms with Gasteiger partial charge in [-0.2, -0.15) is 9.29 Å². The number of nitrogens with zero attached hydrogens (tertiary/aromatic N) is 2. The normalized spacial score (nSPS) is 19.9. The molecule has 19 nitrogen and oxygen atoms in total. The molecule has 0 saturated carbocycles. The standard InChI is InChI=1S/C55H87N3O16P2/c1-3-5-6-7-8-9-10-11-12-13-14-15-16-17-22-25-28-31-34-37-40-51(61)72-47(43-69-50(60)39-36-33-30-27-24-21-19-18-20-23-26-29-32-35-38-46(59)4-2)44-70-75(65,66)74-76(67,68)71-45-48-52(62)53(63)54(73-48)58-42-41-49(56)57-55(58)64/h9-10,12-13,15-16,19-21,23,27,29-30,32,35,38,41-42,46-48,52-54,59,62-63H,3-8,11,14,17-18,22,24-26,28,31,33-34,36-37,39-40,43-45H2,1-2H3,(H,65,66)(H,67,68)(H2,56,57,64)/b10-9-,13-12-,16-15-,21-19-,23-20-,30-27-,32-29-,38-35+/t46-,47+,48+,52+,53+,54+/m0/s1. The second kappa shape index (κ2) is 41.7. The SMILES string of the molecule is CCCCCC/C=C\C/C=C\C/C=C\CCCCCCCCC(=O)O[C@H](COC(=O)CCC/C=C\C/C=C\C/C=C\C/C=C\C=C\[C@@H](O)CC)COP(=O)(O)OP(=O)(O)OC[C@H]1O[C@@H](n2ccc(N)nc2=O)[C@H](O)[C@@H]1O. The van der Waals surface area contributed by atoms with E-state index in [2.05, 4.69) is 70.9 Å². The maximum atomic E-state index is 12.9. The number of carbonyl (C=O) groups is 2. The number of hydrogen-bond acceptors (Lipinski definition) is 16. The molecule has 2 rings (SSSR count). The van der Waals surface area contributed by atoms with Crippen molar-refractivity contribution in [3.63, 3.8) is 0 Å². The minimum atomic E-state index is -5.45. The molecule has 1 aliphatic rings. The molecule has 76 heavy (non-hydrogen) atoms. The number of phosphoric ester groups is 2. The predicted molar refractivity (Wildman–Crippen MR) is 294 cm³/mol. The molecule has 1 aromatic heterocycles. The van der Waals surface area contributed by atoms with Gasteiger partial charge in [0.25, 0.3) is 0 Å². The van der Waals surface area contributed by atoms with E-state index in [9.17, 15) is 48.6 Å². The van der Waals surface area contributed by atoms with E-state index in [0.29, 0.717) is 25.7 Å². The van der Waals surface area contributed by atoms with Crippen molar-refractivity contribution in [3.05, 3.63) is 120 Å². The second-order valence-electron chi connectivity index (χ2n) is 18.2. The van der Waals surface area contributed by atoms with Crippen molar-refractivity contribution < 1.29 is 71.4 Å². The molecular weight excluding hydrogens is 1020 g/mol. The summed E-state index contributed by atoms with van der Waals surface area (Å²) < 4.78 is 56.8. The maximum Gasteiger partial charge on any atom is 0.481 e. The highest BCUT2D eigenvalue weighted by Crippen LogP contribution is 2.60. The summed E-state index contributed by atoms with van der Waals surface area (Å²) in [5, 5.41) is 30.5. The summed E-state index contributed by atoms with van der Waals surface area (Å²) in [6.45, 7) is 1.73. The number of ether oxygens (including phenoxy) is 3. The number of aliphatic hydroxyl groups is 3. The van der Waals surface area contributed by atoms with Crippen LogP contribution in [0.1, 0.15) is 161 Å². The number of hydrogen-bond donors (Lipinski definition) is 6. The smallest absolute Gasteiger partial charge is 0.462 e. The minimum absolute atomic E-state index is 0.0106. The van der Waals surface area contributed by atoms with Crippen molar-refractivity contribution in [3.8, 4) is 0 Å². The second-order valence-corrected chi connectivity index (χ2v) is 21.2. The van der Waals surface area contributed by atoms with Crippen LogP contribution in [0.4, 0.5) is 5.82 Å². The molecule has 2 heterocycles. The first kappa shape index (κ1) is 67.7. The van der Waals surface area contributed by atoms with Gasteiger partial charge in [-0.25, -0.2) is 13.9 Å². The lowest BCUT2D eigenvalue weighted by molar-refractivity contribution is -0.161. The highest BCUT2D eigenvalue weighted by molar-refractivity contribution is 7.61. The molecule has 428 valence electrons. The summed E-state index contributed by atoms with van der Waals surface area (Å²) in [6, 6.07) is 1.24. The monoisotopic (exact) mass is 1110 g/mol. The lowest BCUT2D eigenvalue weighted by atomic mass is 10.1. The Morgan fingerprint density at radius 2 is 1.22 bits per heavy atom. The summed E-state index contributed by atoms with van der Waals surface area (Å²) in [5.41, 5.74) is 4.58. The third-order valence-electron chi connectivity index (χ3n) is 11.6. The van der Waals surface area contributed by atoms with E-state index in [1.54, 1.807) is 6.08 Å². The fraction of sp³-hybridized carbons (Fsp3) is 0.600. The van der Waals surface area contributed by atoms with Crippen molar-refractivity contribution in [2.24, 2.45) is 0 Å². The van der Waals surface area contributed by atoms with Gasteiger partial charge in [-0.3, -0.25) is 23.2 Å². The fourth-order valence-electron chi connectivity index (χ4n) is 7.25. The van der Waals surface area contributed by atoms with Crippen LogP contribution in [0, 0.1) is 0 Å². The van der Waals surface area contributed by atoms with E-state index >= 15 is 0 Å². The molecular formula is C55H87N3O16P2. The molecule has 0 spiro atoms. The number of phosphoric acid groups is 2. The number of anilines is 1. The van der Waals surface area contributed by atoms with Crippen LogP contribution >= 0.6 is 15.6 Å². The van der Waals surface area contributed by atoms with Crippen LogP contribution in [0.5, 0.6) is 0 Å². The van der Waals surface area contributed by atoms with E-state index in [4.69, 9.17) is 29.0 Å². The molecule has 7 N–H and O–H groups in total. The van der Waals surface area contributed by atoms with Gasteiger partial charge in [0.2, 0.25) is 0 Å². The highest BCUT2D eigenvalue weighted by Gasteiger charge is 2.46. The molecule has 0 bridgehead atoms. The Morgan fingerprint density at radius 3 is 1.82 bits per heavy atom. The van der Waals surface area contributed by atoms with Crippen molar-refractivity contribution in [1.82, 2.24) is 9.55 Å². The van der Waals surface area contributed by atoms with E-state index in [-0.39, 0.29) is 18.7 Å².